The van der Waals surface area contributed by atoms with Gasteiger partial charge in [-0.05, 0) is 6.42 Å². The maximum Gasteiger partial charge on any atom is 0.0751 e. The van der Waals surface area contributed by atoms with E-state index >= 15 is 0 Å². The summed E-state index contributed by atoms with van der Waals surface area (Å²) in [4.78, 5) is 0. The summed E-state index contributed by atoms with van der Waals surface area (Å²) in [6, 6.07) is 0. The molecule has 0 aliphatic carbocycles. The van der Waals surface area contributed by atoms with Gasteiger partial charge in [0.25, 0.3) is 0 Å². The normalized spacial score (nSPS) is 23.9. The van der Waals surface area contributed by atoms with E-state index in [0.29, 0.717) is 0 Å². The third kappa shape index (κ3) is 3.32. The summed E-state index contributed by atoms with van der Waals surface area (Å²) in [6.07, 6.45) is 3.04. The Kier molecular flexibility index (Phi) is 4.25. The zero-order valence-corrected chi connectivity index (χ0v) is 7.73. The molecule has 1 aliphatic rings. The fourth-order valence-corrected chi connectivity index (χ4v) is 1.43. The van der Waals surface area contributed by atoms with Gasteiger partial charge in [-0.2, -0.15) is 0 Å². The van der Waals surface area contributed by atoms with Crippen LogP contribution in [-0.2, 0) is 4.74 Å². The second kappa shape index (κ2) is 5.27. The third-order valence-electron chi connectivity index (χ3n) is 2.03. The lowest BCUT2D eigenvalue weighted by Crippen LogP contribution is -2.39. The quantitative estimate of drug-likeness (QED) is 0.622. The largest absolute Gasteiger partial charge is 0.375 e. The van der Waals surface area contributed by atoms with Gasteiger partial charge in [-0.3, -0.25) is 0 Å². The van der Waals surface area contributed by atoms with E-state index in [4.69, 9.17) is 10.1 Å². The highest BCUT2D eigenvalue weighted by Gasteiger charge is 2.14. The molecule has 1 atom stereocenters. The molecule has 0 aromatic heterocycles. The Hall–Kier alpha value is -0.410. The van der Waals surface area contributed by atoms with E-state index in [0.717, 1.165) is 44.7 Å². The predicted molar refractivity (Wildman–Crippen MR) is 49.9 cm³/mol. The van der Waals surface area contributed by atoms with Crippen LogP contribution in [-0.4, -0.2) is 31.5 Å². The van der Waals surface area contributed by atoms with Crippen LogP contribution in [0.25, 0.3) is 0 Å². The van der Waals surface area contributed by atoms with Crippen LogP contribution in [0.4, 0.5) is 0 Å². The van der Waals surface area contributed by atoms with E-state index in [-0.39, 0.29) is 6.10 Å². The minimum Gasteiger partial charge on any atom is -0.375 e. The molecule has 0 saturated carbocycles. The highest BCUT2D eigenvalue weighted by molar-refractivity contribution is 5.81. The lowest BCUT2D eigenvalue weighted by molar-refractivity contribution is 0.0332. The first-order valence-electron chi connectivity index (χ1n) is 4.71. The van der Waals surface area contributed by atoms with Crippen LogP contribution in [0.15, 0.2) is 0 Å². The van der Waals surface area contributed by atoms with Crippen molar-refractivity contribution in [3.8, 4) is 0 Å². The molecule has 0 aromatic rings. The maximum atomic E-state index is 7.62. The van der Waals surface area contributed by atoms with Gasteiger partial charge in [0.15, 0.2) is 0 Å². The summed E-state index contributed by atoms with van der Waals surface area (Å²) < 4.78 is 5.49. The van der Waals surface area contributed by atoms with Crippen molar-refractivity contribution in [3.05, 3.63) is 0 Å². The highest BCUT2D eigenvalue weighted by atomic mass is 16.5. The summed E-state index contributed by atoms with van der Waals surface area (Å²) >= 11 is 0. The molecule has 1 aliphatic heterocycles. The minimum absolute atomic E-state index is 0.248. The van der Waals surface area contributed by atoms with Gasteiger partial charge in [-0.15, -0.1) is 0 Å². The number of hydrogen-bond acceptors (Lipinski definition) is 3. The molecule has 1 heterocycles. The smallest absolute Gasteiger partial charge is 0.0751 e. The summed E-state index contributed by atoms with van der Waals surface area (Å²) in [6.45, 7) is 4.77. The molecular weight excluding hydrogens is 152 g/mol. The molecule has 2 N–H and O–H groups in total. The van der Waals surface area contributed by atoms with E-state index in [2.05, 4.69) is 12.2 Å². The van der Waals surface area contributed by atoms with Crippen LogP contribution in [0, 0.1) is 5.41 Å². The summed E-state index contributed by atoms with van der Waals surface area (Å²) in [5.74, 6) is 0. The molecule has 0 bridgehead atoms. The van der Waals surface area contributed by atoms with Crippen molar-refractivity contribution < 1.29 is 4.74 Å². The van der Waals surface area contributed by atoms with E-state index in [1.807, 2.05) is 0 Å². The van der Waals surface area contributed by atoms with Gasteiger partial charge in [0.05, 0.1) is 12.7 Å². The van der Waals surface area contributed by atoms with E-state index in [1.54, 1.807) is 0 Å². The van der Waals surface area contributed by atoms with Crippen LogP contribution < -0.4 is 5.32 Å². The van der Waals surface area contributed by atoms with Gasteiger partial charge in [0.2, 0.25) is 0 Å². The average molecular weight is 170 g/mol. The Morgan fingerprint density at radius 3 is 3.08 bits per heavy atom. The molecule has 0 aromatic carbocycles. The van der Waals surface area contributed by atoms with Gasteiger partial charge in [0.1, 0.15) is 0 Å². The highest BCUT2D eigenvalue weighted by Crippen LogP contribution is 2.05. The molecule has 1 unspecified atom stereocenters. The van der Waals surface area contributed by atoms with Crippen molar-refractivity contribution in [1.29, 1.82) is 5.41 Å². The molecule has 0 amide bonds. The lowest BCUT2D eigenvalue weighted by atomic mass is 10.1. The van der Waals surface area contributed by atoms with Gasteiger partial charge in [-0.25, -0.2) is 0 Å². The summed E-state index contributed by atoms with van der Waals surface area (Å²) in [5, 5.41) is 10.9. The second-order valence-electron chi connectivity index (χ2n) is 3.25. The second-order valence-corrected chi connectivity index (χ2v) is 3.25. The molecule has 1 rings (SSSR count). The Morgan fingerprint density at radius 1 is 1.67 bits per heavy atom. The Balaban J connectivity index is 2.15. The van der Waals surface area contributed by atoms with Crippen molar-refractivity contribution >= 4 is 5.71 Å². The lowest BCUT2D eigenvalue weighted by Gasteiger charge is -2.23. The number of hydrogen-bond donors (Lipinski definition) is 2. The predicted octanol–water partition coefficient (Wildman–Crippen LogP) is 1.18. The first kappa shape index (κ1) is 9.68. The monoisotopic (exact) mass is 170 g/mol. The molecule has 12 heavy (non-hydrogen) atoms. The minimum atomic E-state index is 0.248. The van der Waals surface area contributed by atoms with Crippen molar-refractivity contribution in [2.24, 2.45) is 0 Å². The zero-order chi connectivity index (χ0) is 8.81. The molecule has 1 saturated heterocycles. The van der Waals surface area contributed by atoms with Gasteiger partial charge in [-0.1, -0.05) is 13.3 Å². The topological polar surface area (TPSA) is 45.1 Å². The molecule has 3 heteroatoms. The summed E-state index contributed by atoms with van der Waals surface area (Å²) in [5.41, 5.74) is 0.825. The van der Waals surface area contributed by atoms with Crippen LogP contribution >= 0.6 is 0 Å². The fourth-order valence-electron chi connectivity index (χ4n) is 1.43. The van der Waals surface area contributed by atoms with E-state index in [9.17, 15) is 0 Å². The van der Waals surface area contributed by atoms with Gasteiger partial charge >= 0.3 is 0 Å². The van der Waals surface area contributed by atoms with Crippen molar-refractivity contribution in [2.45, 2.75) is 32.3 Å². The summed E-state index contributed by atoms with van der Waals surface area (Å²) in [7, 11) is 0. The number of nitrogens with one attached hydrogen (secondary N) is 2. The Labute approximate surface area is 74.0 Å². The van der Waals surface area contributed by atoms with Crippen molar-refractivity contribution in [3.63, 3.8) is 0 Å². The van der Waals surface area contributed by atoms with Gasteiger partial charge in [0, 0.05) is 25.2 Å². The first-order chi connectivity index (χ1) is 5.83. The molecular formula is C9H18N2O. The van der Waals surface area contributed by atoms with Crippen LogP contribution in [0.3, 0.4) is 0 Å². The molecule has 1 fully saturated rings. The standard InChI is InChI=1S/C9H18N2O/c1-2-3-8(10)6-9-7-11-4-5-12-9/h9-11H,2-7H2,1H3. The van der Waals surface area contributed by atoms with Crippen molar-refractivity contribution in [1.82, 2.24) is 5.32 Å². The van der Waals surface area contributed by atoms with Crippen molar-refractivity contribution in [2.75, 3.05) is 19.7 Å². The van der Waals surface area contributed by atoms with E-state index in [1.165, 1.54) is 0 Å². The molecule has 0 spiro atoms. The fraction of sp³-hybridized carbons (Fsp3) is 0.889. The first-order valence-corrected chi connectivity index (χ1v) is 4.71. The Morgan fingerprint density at radius 2 is 2.50 bits per heavy atom. The number of rotatable bonds is 4. The number of ether oxygens (including phenoxy) is 1. The third-order valence-corrected chi connectivity index (χ3v) is 2.03. The molecule has 70 valence electrons. The maximum absolute atomic E-state index is 7.62. The van der Waals surface area contributed by atoms with Gasteiger partial charge < -0.3 is 15.5 Å². The zero-order valence-electron chi connectivity index (χ0n) is 7.73. The SMILES string of the molecule is CCCC(=N)CC1CNCCO1. The van der Waals surface area contributed by atoms with E-state index < -0.39 is 0 Å². The Bertz CT molecular complexity index is 141. The molecule has 3 nitrogen and oxygen atoms in total. The van der Waals surface area contributed by atoms with Crippen LogP contribution in [0.2, 0.25) is 0 Å². The average Bonchev–Trinajstić information content (AvgIpc) is 2.06. The van der Waals surface area contributed by atoms with Crippen LogP contribution in [0.5, 0.6) is 0 Å². The molecule has 0 radical (unpaired) electrons. The van der Waals surface area contributed by atoms with Crippen LogP contribution in [0.1, 0.15) is 26.2 Å². The number of morpholine rings is 1.